The second-order valence-corrected chi connectivity index (χ2v) is 6.51. The number of carbonyl (C=O) groups excluding carboxylic acids is 3. The number of hydrogen-bond donors (Lipinski definition) is 2. The van der Waals surface area contributed by atoms with Crippen molar-refractivity contribution in [3.8, 4) is 0 Å². The van der Waals surface area contributed by atoms with Crippen molar-refractivity contribution >= 4 is 35.1 Å². The Kier molecular flexibility index (Phi) is 4.84. The predicted octanol–water partition coefficient (Wildman–Crippen LogP) is 3.02. The zero-order chi connectivity index (χ0) is 19.8. The average molecular weight is 394 g/mol. The monoisotopic (exact) mass is 393 g/mol. The van der Waals surface area contributed by atoms with Crippen LogP contribution in [0, 0.1) is 11.6 Å². The van der Waals surface area contributed by atoms with Gasteiger partial charge in [0.05, 0.1) is 5.69 Å². The van der Waals surface area contributed by atoms with E-state index in [9.17, 15) is 23.2 Å². The van der Waals surface area contributed by atoms with Crippen molar-refractivity contribution in [1.29, 1.82) is 0 Å². The van der Waals surface area contributed by atoms with Gasteiger partial charge in [-0.1, -0.05) is 29.8 Å². The minimum atomic E-state index is -1.44. The molecule has 1 aliphatic rings. The zero-order valence-electron chi connectivity index (χ0n) is 14.1. The van der Waals surface area contributed by atoms with Crippen molar-refractivity contribution in [2.75, 3.05) is 11.9 Å². The Hall–Kier alpha value is -3.00. The molecule has 0 unspecified atom stereocenters. The third kappa shape index (κ3) is 3.48. The molecule has 0 aromatic heterocycles. The molecule has 2 aromatic carbocycles. The Morgan fingerprint density at radius 2 is 1.93 bits per heavy atom. The van der Waals surface area contributed by atoms with E-state index in [4.69, 9.17) is 11.6 Å². The van der Waals surface area contributed by atoms with Crippen molar-refractivity contribution in [3.05, 3.63) is 64.7 Å². The summed E-state index contributed by atoms with van der Waals surface area (Å²) in [6.07, 6.45) is 0. The van der Waals surface area contributed by atoms with Gasteiger partial charge in [0.15, 0.2) is 0 Å². The molecule has 0 radical (unpaired) electrons. The van der Waals surface area contributed by atoms with Gasteiger partial charge in [-0.2, -0.15) is 0 Å². The van der Waals surface area contributed by atoms with Gasteiger partial charge < -0.3 is 10.6 Å². The summed E-state index contributed by atoms with van der Waals surface area (Å²) in [5.74, 6) is -3.13. The number of benzene rings is 2. The second kappa shape index (κ2) is 6.96. The number of amides is 4. The van der Waals surface area contributed by atoms with Crippen LogP contribution in [-0.2, 0) is 15.1 Å². The quantitative estimate of drug-likeness (QED) is 0.784. The Morgan fingerprint density at radius 1 is 1.22 bits per heavy atom. The molecule has 1 atom stereocenters. The molecule has 1 heterocycles. The largest absolute Gasteiger partial charge is 0.325 e. The molecule has 1 aliphatic heterocycles. The Labute approximate surface area is 158 Å². The number of nitrogens with one attached hydrogen (secondary N) is 2. The van der Waals surface area contributed by atoms with Crippen LogP contribution in [0.2, 0.25) is 5.02 Å². The maximum atomic E-state index is 13.6. The van der Waals surface area contributed by atoms with Gasteiger partial charge in [-0.3, -0.25) is 14.5 Å². The lowest BCUT2D eigenvalue weighted by Crippen LogP contribution is -2.42. The van der Waals surface area contributed by atoms with E-state index in [2.05, 4.69) is 10.6 Å². The molecular formula is C18H14ClF2N3O3. The molecule has 3 rings (SSSR count). The van der Waals surface area contributed by atoms with E-state index in [0.29, 0.717) is 10.5 Å². The number of rotatable bonds is 4. The van der Waals surface area contributed by atoms with Gasteiger partial charge in [-0.15, -0.1) is 0 Å². The Bertz CT molecular complexity index is 953. The summed E-state index contributed by atoms with van der Waals surface area (Å²) in [4.78, 5) is 37.8. The summed E-state index contributed by atoms with van der Waals surface area (Å²) < 4.78 is 26.8. The van der Waals surface area contributed by atoms with Crippen molar-refractivity contribution < 1.29 is 23.2 Å². The topological polar surface area (TPSA) is 78.5 Å². The summed E-state index contributed by atoms with van der Waals surface area (Å²) in [6, 6.07) is 8.26. The highest BCUT2D eigenvalue weighted by Crippen LogP contribution is 2.33. The zero-order valence-corrected chi connectivity index (χ0v) is 14.8. The second-order valence-electron chi connectivity index (χ2n) is 6.10. The lowest BCUT2D eigenvalue weighted by molar-refractivity contribution is -0.133. The van der Waals surface area contributed by atoms with Gasteiger partial charge in [0.2, 0.25) is 5.91 Å². The van der Waals surface area contributed by atoms with Gasteiger partial charge in [0.1, 0.15) is 23.7 Å². The number of halogens is 3. The molecule has 6 nitrogen and oxygen atoms in total. The van der Waals surface area contributed by atoms with E-state index < -0.39 is 41.6 Å². The van der Waals surface area contributed by atoms with Gasteiger partial charge in [0, 0.05) is 16.7 Å². The summed E-state index contributed by atoms with van der Waals surface area (Å²) in [7, 11) is 0. The van der Waals surface area contributed by atoms with Gasteiger partial charge in [-0.05, 0) is 25.1 Å². The van der Waals surface area contributed by atoms with Crippen LogP contribution >= 0.6 is 11.6 Å². The van der Waals surface area contributed by atoms with Crippen LogP contribution in [0.25, 0.3) is 0 Å². The summed E-state index contributed by atoms with van der Waals surface area (Å²) >= 11 is 6.12. The molecular weight excluding hydrogens is 380 g/mol. The summed E-state index contributed by atoms with van der Waals surface area (Å²) in [5.41, 5.74) is -1.45. The number of nitrogens with zero attached hydrogens (tertiary/aromatic N) is 1. The van der Waals surface area contributed by atoms with Crippen LogP contribution in [0.1, 0.15) is 12.5 Å². The molecule has 1 saturated heterocycles. The first kappa shape index (κ1) is 18.8. The molecule has 4 amide bonds. The maximum absolute atomic E-state index is 13.6. The van der Waals surface area contributed by atoms with Crippen LogP contribution < -0.4 is 10.6 Å². The summed E-state index contributed by atoms with van der Waals surface area (Å²) in [5, 5.41) is 4.94. The average Bonchev–Trinajstić information content (AvgIpc) is 2.82. The van der Waals surface area contributed by atoms with Crippen LogP contribution in [-0.4, -0.2) is 29.3 Å². The lowest BCUT2D eigenvalue weighted by Gasteiger charge is -2.23. The van der Waals surface area contributed by atoms with E-state index in [1.165, 1.54) is 6.92 Å². The Morgan fingerprint density at radius 3 is 2.63 bits per heavy atom. The molecule has 140 valence electrons. The first-order chi connectivity index (χ1) is 12.7. The van der Waals surface area contributed by atoms with E-state index in [0.717, 1.165) is 18.2 Å². The normalized spacial score (nSPS) is 19.2. The van der Waals surface area contributed by atoms with E-state index >= 15 is 0 Å². The molecule has 2 aromatic rings. The third-order valence-electron chi connectivity index (χ3n) is 4.19. The number of imide groups is 1. The minimum absolute atomic E-state index is 0.279. The van der Waals surface area contributed by atoms with Crippen molar-refractivity contribution in [2.24, 2.45) is 0 Å². The predicted molar refractivity (Wildman–Crippen MR) is 94.0 cm³/mol. The number of urea groups is 1. The van der Waals surface area contributed by atoms with E-state index in [1.54, 1.807) is 24.3 Å². The molecule has 9 heteroatoms. The van der Waals surface area contributed by atoms with Gasteiger partial charge in [-0.25, -0.2) is 13.6 Å². The molecule has 0 spiro atoms. The molecule has 0 bridgehead atoms. The lowest BCUT2D eigenvalue weighted by atomic mass is 9.92. The first-order valence-corrected chi connectivity index (χ1v) is 8.24. The highest BCUT2D eigenvalue weighted by atomic mass is 35.5. The minimum Gasteiger partial charge on any atom is -0.322 e. The van der Waals surface area contributed by atoms with Crippen LogP contribution in [0.4, 0.5) is 19.3 Å². The maximum Gasteiger partial charge on any atom is 0.325 e. The van der Waals surface area contributed by atoms with Gasteiger partial charge >= 0.3 is 6.03 Å². The van der Waals surface area contributed by atoms with Crippen LogP contribution in [0.15, 0.2) is 42.5 Å². The molecule has 27 heavy (non-hydrogen) atoms. The molecule has 0 saturated carbocycles. The van der Waals surface area contributed by atoms with E-state index in [-0.39, 0.29) is 10.7 Å². The highest BCUT2D eigenvalue weighted by molar-refractivity contribution is 6.32. The van der Waals surface area contributed by atoms with Gasteiger partial charge in [0.25, 0.3) is 5.91 Å². The number of hydrogen-bond acceptors (Lipinski definition) is 3. The molecule has 2 N–H and O–H groups in total. The first-order valence-electron chi connectivity index (χ1n) is 7.86. The summed E-state index contributed by atoms with van der Waals surface area (Å²) in [6.45, 7) is 0.805. The number of carbonyl (C=O) groups is 3. The Balaban J connectivity index is 1.79. The van der Waals surface area contributed by atoms with Crippen molar-refractivity contribution in [1.82, 2.24) is 10.2 Å². The number of anilines is 1. The van der Waals surface area contributed by atoms with Crippen molar-refractivity contribution in [2.45, 2.75) is 12.5 Å². The fourth-order valence-electron chi connectivity index (χ4n) is 2.82. The van der Waals surface area contributed by atoms with Crippen molar-refractivity contribution in [3.63, 3.8) is 0 Å². The molecule has 0 aliphatic carbocycles. The standard InChI is InChI=1S/C18H14ClF2N3O3/c1-18(11-4-2-3-5-12(11)19)16(26)24(17(27)23-18)9-15(25)22-14-8-10(20)6-7-13(14)21/h2-8H,9H2,1H3,(H,22,25)(H,23,27)/t18-/m0/s1. The third-order valence-corrected chi connectivity index (χ3v) is 4.52. The SMILES string of the molecule is C[C@@]1(c2ccccc2Cl)NC(=O)N(CC(=O)Nc2cc(F)ccc2F)C1=O. The van der Waals surface area contributed by atoms with Crippen LogP contribution in [0.3, 0.4) is 0 Å². The van der Waals surface area contributed by atoms with E-state index in [1.807, 2.05) is 0 Å². The molecule has 1 fully saturated rings. The fourth-order valence-corrected chi connectivity index (χ4v) is 3.14. The fraction of sp³-hybridized carbons (Fsp3) is 0.167. The smallest absolute Gasteiger partial charge is 0.322 e. The highest BCUT2D eigenvalue weighted by Gasteiger charge is 2.50. The van der Waals surface area contributed by atoms with Crippen LogP contribution in [0.5, 0.6) is 0 Å².